The van der Waals surface area contributed by atoms with E-state index in [1.807, 2.05) is 0 Å². The Morgan fingerprint density at radius 2 is 1.93 bits per heavy atom. The van der Waals surface area contributed by atoms with E-state index < -0.39 is 23.5 Å². The summed E-state index contributed by atoms with van der Waals surface area (Å²) in [4.78, 5) is 4.58. The van der Waals surface area contributed by atoms with Crippen molar-refractivity contribution in [1.29, 1.82) is 0 Å². The first kappa shape index (κ1) is 20.6. The summed E-state index contributed by atoms with van der Waals surface area (Å²) >= 11 is 0. The number of aliphatic hydroxyl groups is 1. The minimum absolute atomic E-state index is 0.147. The number of alkyl halides is 3. The third kappa shape index (κ3) is 4.58. The van der Waals surface area contributed by atoms with E-state index in [2.05, 4.69) is 25.2 Å². The van der Waals surface area contributed by atoms with Crippen LogP contribution in [0.15, 0.2) is 18.2 Å². The van der Waals surface area contributed by atoms with Crippen molar-refractivity contribution in [2.24, 2.45) is 0 Å². The number of rotatable bonds is 5. The lowest BCUT2D eigenvalue weighted by molar-refractivity contribution is -0.274. The molecule has 1 aromatic heterocycles. The van der Waals surface area contributed by atoms with Crippen LogP contribution in [0.4, 0.5) is 19.1 Å². The van der Waals surface area contributed by atoms with Crippen LogP contribution in [0.25, 0.3) is 11.3 Å². The van der Waals surface area contributed by atoms with Crippen molar-refractivity contribution in [3.8, 4) is 22.8 Å². The van der Waals surface area contributed by atoms with Crippen LogP contribution in [-0.4, -0.2) is 43.4 Å². The Labute approximate surface area is 171 Å². The maximum Gasteiger partial charge on any atom is 0.573 e. The molecule has 10 heteroatoms. The van der Waals surface area contributed by atoms with Gasteiger partial charge in [-0.3, -0.25) is 0 Å². The Morgan fingerprint density at radius 1 is 1.17 bits per heavy atom. The summed E-state index contributed by atoms with van der Waals surface area (Å²) in [6.45, 7) is 1.79. The van der Waals surface area contributed by atoms with Crippen LogP contribution >= 0.6 is 0 Å². The molecule has 0 amide bonds. The lowest BCUT2D eigenvalue weighted by atomic mass is 9.82. The Morgan fingerprint density at radius 3 is 2.57 bits per heavy atom. The van der Waals surface area contributed by atoms with E-state index in [-0.39, 0.29) is 17.5 Å². The lowest BCUT2D eigenvalue weighted by Crippen LogP contribution is -2.47. The summed E-state index contributed by atoms with van der Waals surface area (Å²) < 4.78 is 41.1. The van der Waals surface area contributed by atoms with Gasteiger partial charge in [0.1, 0.15) is 17.2 Å². The Balaban J connectivity index is 1.62. The second-order valence-electron chi connectivity index (χ2n) is 8.17. The number of hydrogen-bond donors (Lipinski definition) is 3. The number of aromatic nitrogens is 3. The van der Waals surface area contributed by atoms with Gasteiger partial charge in [0, 0.05) is 17.5 Å². The molecule has 2 atom stereocenters. The molecule has 2 saturated carbocycles. The van der Waals surface area contributed by atoms with Gasteiger partial charge in [0.25, 0.3) is 0 Å². The highest BCUT2D eigenvalue weighted by Crippen LogP contribution is 2.45. The van der Waals surface area contributed by atoms with Crippen LogP contribution in [0.1, 0.15) is 57.1 Å². The molecule has 0 spiro atoms. The average Bonchev–Trinajstić information content (AvgIpc) is 3.48. The maximum atomic E-state index is 12.4. The summed E-state index contributed by atoms with van der Waals surface area (Å²) in [5, 5.41) is 32.4. The molecule has 2 aliphatic carbocycles. The molecule has 1 aromatic carbocycles. The van der Waals surface area contributed by atoms with Crippen LogP contribution < -0.4 is 10.1 Å². The van der Waals surface area contributed by atoms with Gasteiger partial charge in [-0.15, -0.1) is 23.4 Å². The molecule has 0 bridgehead atoms. The van der Waals surface area contributed by atoms with Gasteiger partial charge in [0.2, 0.25) is 5.95 Å². The van der Waals surface area contributed by atoms with E-state index in [0.29, 0.717) is 23.8 Å². The number of hydrogen-bond acceptors (Lipinski definition) is 7. The maximum absolute atomic E-state index is 12.4. The summed E-state index contributed by atoms with van der Waals surface area (Å²) in [5.41, 5.74) is 0.326. The standard InChI is InChI=1S/C20H23F3N4O3/c1-19(29)9-3-2-4-15(19)24-18-25-16(11-5-6-11)17(26-27-18)13-8-7-12(10-14(13)28)30-20(21,22)23/h7-8,10-11,15,28-29H,2-6,9H2,1H3,(H,24,25,27)/t15-,19-/m1/s1. The van der Waals surface area contributed by atoms with Gasteiger partial charge in [0.05, 0.1) is 17.3 Å². The predicted molar refractivity (Wildman–Crippen MR) is 102 cm³/mol. The van der Waals surface area contributed by atoms with Crippen molar-refractivity contribution in [3.63, 3.8) is 0 Å². The molecule has 2 aliphatic rings. The highest BCUT2D eigenvalue weighted by Gasteiger charge is 2.36. The largest absolute Gasteiger partial charge is 0.573 e. The molecular formula is C20H23F3N4O3. The lowest BCUT2D eigenvalue weighted by Gasteiger charge is -2.37. The molecular weight excluding hydrogens is 401 g/mol. The van der Waals surface area contributed by atoms with Crippen LogP contribution in [0.3, 0.4) is 0 Å². The minimum Gasteiger partial charge on any atom is -0.507 e. The van der Waals surface area contributed by atoms with E-state index in [1.165, 1.54) is 6.07 Å². The van der Waals surface area contributed by atoms with Crippen molar-refractivity contribution in [3.05, 3.63) is 23.9 Å². The molecule has 7 nitrogen and oxygen atoms in total. The van der Waals surface area contributed by atoms with Gasteiger partial charge >= 0.3 is 6.36 Å². The van der Waals surface area contributed by atoms with Gasteiger partial charge in [-0.05, 0) is 44.7 Å². The average molecular weight is 424 g/mol. The zero-order valence-corrected chi connectivity index (χ0v) is 16.4. The third-order valence-corrected chi connectivity index (χ3v) is 5.62. The fourth-order valence-corrected chi connectivity index (χ4v) is 3.84. The summed E-state index contributed by atoms with van der Waals surface area (Å²) in [5.74, 6) is -0.473. The number of phenolic OH excluding ortho intramolecular Hbond substituents is 1. The molecule has 4 rings (SSSR count). The van der Waals surface area contributed by atoms with Crippen molar-refractivity contribution in [2.75, 3.05) is 5.32 Å². The zero-order chi connectivity index (χ0) is 21.5. The fraction of sp³-hybridized carbons (Fsp3) is 0.550. The highest BCUT2D eigenvalue weighted by molar-refractivity contribution is 5.70. The van der Waals surface area contributed by atoms with Gasteiger partial charge in [-0.2, -0.15) is 0 Å². The first-order chi connectivity index (χ1) is 14.1. The van der Waals surface area contributed by atoms with Crippen LogP contribution in [-0.2, 0) is 0 Å². The number of ether oxygens (including phenoxy) is 1. The van der Waals surface area contributed by atoms with Crippen molar-refractivity contribution in [1.82, 2.24) is 15.2 Å². The predicted octanol–water partition coefficient (Wildman–Crippen LogP) is 4.13. The van der Waals surface area contributed by atoms with Gasteiger partial charge in [-0.25, -0.2) is 4.98 Å². The van der Waals surface area contributed by atoms with E-state index in [4.69, 9.17) is 0 Å². The molecule has 1 heterocycles. The number of nitrogens with zero attached hydrogens (tertiary/aromatic N) is 3. The summed E-state index contributed by atoms with van der Waals surface area (Å²) in [7, 11) is 0. The van der Waals surface area contributed by atoms with Crippen LogP contribution in [0, 0.1) is 0 Å². The normalized spacial score (nSPS) is 24.5. The van der Waals surface area contributed by atoms with Crippen molar-refractivity contribution in [2.45, 2.75) is 69.4 Å². The Bertz CT molecular complexity index is 932. The number of benzene rings is 1. The van der Waals surface area contributed by atoms with E-state index in [1.54, 1.807) is 6.92 Å². The third-order valence-electron chi connectivity index (χ3n) is 5.62. The molecule has 30 heavy (non-hydrogen) atoms. The number of halogens is 3. The number of nitrogens with one attached hydrogen (secondary N) is 1. The number of aromatic hydroxyl groups is 1. The Kier molecular flexibility index (Phi) is 5.21. The molecule has 0 unspecified atom stereocenters. The second-order valence-corrected chi connectivity index (χ2v) is 8.17. The summed E-state index contributed by atoms with van der Waals surface area (Å²) in [6, 6.07) is 3.13. The van der Waals surface area contributed by atoms with Crippen LogP contribution in [0.5, 0.6) is 11.5 Å². The van der Waals surface area contributed by atoms with Crippen molar-refractivity contribution >= 4 is 5.95 Å². The zero-order valence-electron chi connectivity index (χ0n) is 16.4. The molecule has 2 aromatic rings. The van der Waals surface area contributed by atoms with Crippen molar-refractivity contribution < 1.29 is 28.1 Å². The molecule has 162 valence electrons. The molecule has 0 radical (unpaired) electrons. The van der Waals surface area contributed by atoms with E-state index >= 15 is 0 Å². The van der Waals surface area contributed by atoms with Gasteiger partial charge in [0.15, 0.2) is 0 Å². The quantitative estimate of drug-likeness (QED) is 0.664. The smallest absolute Gasteiger partial charge is 0.507 e. The van der Waals surface area contributed by atoms with E-state index in [9.17, 15) is 23.4 Å². The SMILES string of the molecule is C[C@@]1(O)CCCC[C@H]1Nc1nnc(-c2ccc(OC(F)(F)F)cc2O)c(C2CC2)n1. The fourth-order valence-electron chi connectivity index (χ4n) is 3.84. The summed E-state index contributed by atoms with van der Waals surface area (Å²) in [6.07, 6.45) is 0.399. The first-order valence-electron chi connectivity index (χ1n) is 9.95. The Hall–Kier alpha value is -2.62. The topological polar surface area (TPSA) is 100 Å². The molecule has 0 saturated heterocycles. The van der Waals surface area contributed by atoms with Crippen LogP contribution in [0.2, 0.25) is 0 Å². The molecule has 3 N–H and O–H groups in total. The van der Waals surface area contributed by atoms with Gasteiger partial charge < -0.3 is 20.3 Å². The highest BCUT2D eigenvalue weighted by atomic mass is 19.4. The number of anilines is 1. The first-order valence-corrected chi connectivity index (χ1v) is 9.95. The molecule has 2 fully saturated rings. The second kappa shape index (κ2) is 7.57. The minimum atomic E-state index is -4.85. The monoisotopic (exact) mass is 424 g/mol. The van der Waals surface area contributed by atoms with Gasteiger partial charge in [-0.1, -0.05) is 12.8 Å². The van der Waals surface area contributed by atoms with E-state index in [0.717, 1.165) is 44.2 Å². The molecule has 0 aliphatic heterocycles. The number of phenols is 1.